The molecule has 26 heavy (non-hydrogen) atoms. The zero-order valence-electron chi connectivity index (χ0n) is 15.2. The van der Waals surface area contributed by atoms with Crippen molar-refractivity contribution in [2.45, 2.75) is 39.8 Å². The molecular weight excluding hydrogens is 328 g/mol. The third kappa shape index (κ3) is 2.49. The molecule has 2 atom stereocenters. The summed E-state index contributed by atoms with van der Waals surface area (Å²) in [5, 5.41) is 9.81. The van der Waals surface area contributed by atoms with Crippen LogP contribution in [-0.4, -0.2) is 23.9 Å². The molecular formula is C20H20N4O2. The second-order valence-electron chi connectivity index (χ2n) is 7.14. The molecule has 2 aromatic rings. The molecule has 1 fully saturated rings. The molecule has 2 amide bonds. The number of anilines is 2. The third-order valence-electron chi connectivity index (χ3n) is 4.72. The Kier molecular flexibility index (Phi) is 3.64. The number of rotatable bonds is 2. The second kappa shape index (κ2) is 5.76. The zero-order chi connectivity index (χ0) is 18.6. The quantitative estimate of drug-likeness (QED) is 0.781. The van der Waals surface area contributed by atoms with Gasteiger partial charge in [0.1, 0.15) is 0 Å². The fraction of sp³-hybridized carbons (Fsp3) is 0.300. The first-order valence-electron chi connectivity index (χ1n) is 8.59. The van der Waals surface area contributed by atoms with E-state index in [4.69, 9.17) is 0 Å². The molecule has 6 nitrogen and oxygen atoms in total. The van der Waals surface area contributed by atoms with Crippen molar-refractivity contribution in [1.82, 2.24) is 0 Å². The largest absolute Gasteiger partial charge is 0.271 e. The minimum Gasteiger partial charge on any atom is -0.271 e. The fourth-order valence-corrected chi connectivity index (χ4v) is 3.79. The number of carbonyl (C=O) groups is 2. The molecule has 2 unspecified atom stereocenters. The topological polar surface area (TPSA) is 65.3 Å². The molecule has 2 aromatic carbocycles. The average Bonchev–Trinajstić information content (AvgIpc) is 3.06. The number of carbonyl (C=O) groups excluding carboxylic acids is 2. The van der Waals surface area contributed by atoms with Gasteiger partial charge in [0.15, 0.2) is 12.1 Å². The van der Waals surface area contributed by atoms with E-state index in [2.05, 4.69) is 16.4 Å². The van der Waals surface area contributed by atoms with Crippen LogP contribution in [0, 0.1) is 27.7 Å². The van der Waals surface area contributed by atoms with Crippen LogP contribution in [0.2, 0.25) is 0 Å². The minimum absolute atomic E-state index is 0.283. The molecule has 4 rings (SSSR count). The van der Waals surface area contributed by atoms with Gasteiger partial charge in [0.05, 0.1) is 11.4 Å². The molecule has 1 saturated heterocycles. The Morgan fingerprint density at radius 1 is 0.731 bits per heavy atom. The highest BCUT2D eigenvalue weighted by Gasteiger charge is 2.55. The van der Waals surface area contributed by atoms with E-state index in [1.165, 1.54) is 4.90 Å². The van der Waals surface area contributed by atoms with Gasteiger partial charge in [-0.2, -0.15) is 5.11 Å². The molecule has 0 aromatic heterocycles. The lowest BCUT2D eigenvalue weighted by molar-refractivity contribution is -0.121. The number of hydrogen-bond acceptors (Lipinski definition) is 5. The van der Waals surface area contributed by atoms with Gasteiger partial charge < -0.3 is 0 Å². The fourth-order valence-electron chi connectivity index (χ4n) is 3.79. The molecule has 0 saturated carbocycles. The molecule has 0 bridgehead atoms. The van der Waals surface area contributed by atoms with Gasteiger partial charge in [0.25, 0.3) is 11.8 Å². The average molecular weight is 348 g/mol. The lowest BCUT2D eigenvalue weighted by atomic mass is 10.1. The van der Waals surface area contributed by atoms with Crippen molar-refractivity contribution >= 4 is 23.2 Å². The number of hydrogen-bond donors (Lipinski definition) is 0. The van der Waals surface area contributed by atoms with Crippen LogP contribution in [0.4, 0.5) is 11.4 Å². The van der Waals surface area contributed by atoms with Crippen LogP contribution < -0.4 is 9.91 Å². The summed E-state index contributed by atoms with van der Waals surface area (Å²) in [6.07, 6.45) is 0. The molecule has 0 N–H and O–H groups in total. The molecule has 0 spiro atoms. The van der Waals surface area contributed by atoms with E-state index in [9.17, 15) is 9.59 Å². The van der Waals surface area contributed by atoms with Crippen molar-refractivity contribution in [2.24, 2.45) is 10.3 Å². The van der Waals surface area contributed by atoms with Crippen molar-refractivity contribution in [3.05, 3.63) is 58.7 Å². The van der Waals surface area contributed by atoms with Gasteiger partial charge in [-0.25, -0.2) is 9.91 Å². The molecule has 132 valence electrons. The number of imide groups is 1. The Morgan fingerprint density at radius 3 is 1.77 bits per heavy atom. The Labute approximate surface area is 152 Å². The molecule has 2 aliphatic heterocycles. The van der Waals surface area contributed by atoms with E-state index in [1.807, 2.05) is 58.0 Å². The smallest absolute Gasteiger partial charge is 0.263 e. The van der Waals surface area contributed by atoms with Crippen molar-refractivity contribution in [3.63, 3.8) is 0 Å². The van der Waals surface area contributed by atoms with E-state index in [1.54, 1.807) is 5.01 Å². The summed E-state index contributed by atoms with van der Waals surface area (Å²) < 4.78 is 0. The minimum atomic E-state index is -0.788. The predicted molar refractivity (Wildman–Crippen MR) is 99.2 cm³/mol. The maximum Gasteiger partial charge on any atom is 0.263 e. The first kappa shape index (κ1) is 16.4. The summed E-state index contributed by atoms with van der Waals surface area (Å²) >= 11 is 0. The first-order valence-corrected chi connectivity index (χ1v) is 8.59. The standard InChI is InChI=1S/C20H20N4O2/c1-11-5-12(2)8-15(7-11)23-19(25)17-18(20(23)26)24(22-21-17)16-9-13(3)6-14(4)10-16/h5-10,17-18H,1-4H3. The van der Waals surface area contributed by atoms with Gasteiger partial charge in [0, 0.05) is 0 Å². The maximum absolute atomic E-state index is 13.1. The second-order valence-corrected chi connectivity index (χ2v) is 7.14. The van der Waals surface area contributed by atoms with Gasteiger partial charge in [-0.15, -0.1) is 0 Å². The van der Waals surface area contributed by atoms with Crippen LogP contribution in [0.3, 0.4) is 0 Å². The van der Waals surface area contributed by atoms with E-state index in [0.29, 0.717) is 5.69 Å². The van der Waals surface area contributed by atoms with Gasteiger partial charge in [-0.3, -0.25) is 9.59 Å². The van der Waals surface area contributed by atoms with Crippen LogP contribution >= 0.6 is 0 Å². The number of amides is 2. The number of aryl methyl sites for hydroxylation is 4. The number of benzene rings is 2. The molecule has 6 heteroatoms. The number of fused-ring (bicyclic) bond motifs is 1. The van der Waals surface area contributed by atoms with Crippen LogP contribution in [0.15, 0.2) is 46.7 Å². The SMILES string of the molecule is Cc1cc(C)cc(N2C(=O)C3N=NN(c4cc(C)cc(C)c4)C3C2=O)c1. The summed E-state index contributed by atoms with van der Waals surface area (Å²) in [7, 11) is 0. The van der Waals surface area contributed by atoms with Crippen molar-refractivity contribution < 1.29 is 9.59 Å². The lowest BCUT2D eigenvalue weighted by Crippen LogP contribution is -2.40. The Bertz CT molecular complexity index is 926. The monoisotopic (exact) mass is 348 g/mol. The highest BCUT2D eigenvalue weighted by Crippen LogP contribution is 2.36. The Balaban J connectivity index is 1.74. The van der Waals surface area contributed by atoms with Crippen molar-refractivity contribution in [2.75, 3.05) is 9.91 Å². The molecule has 2 heterocycles. The zero-order valence-corrected chi connectivity index (χ0v) is 15.2. The normalized spacial score (nSPS) is 21.7. The van der Waals surface area contributed by atoms with E-state index in [0.717, 1.165) is 27.9 Å². The van der Waals surface area contributed by atoms with Crippen LogP contribution in [-0.2, 0) is 9.59 Å². The first-order chi connectivity index (χ1) is 12.3. The van der Waals surface area contributed by atoms with Crippen LogP contribution in [0.5, 0.6) is 0 Å². The summed E-state index contributed by atoms with van der Waals surface area (Å²) in [5.41, 5.74) is 5.53. The van der Waals surface area contributed by atoms with Crippen molar-refractivity contribution in [3.8, 4) is 0 Å². The van der Waals surface area contributed by atoms with Gasteiger partial charge in [-0.05, 0) is 74.2 Å². The number of nitrogens with zero attached hydrogens (tertiary/aromatic N) is 4. The van der Waals surface area contributed by atoms with Gasteiger partial charge in [0.2, 0.25) is 0 Å². The van der Waals surface area contributed by atoms with Gasteiger partial charge >= 0.3 is 0 Å². The lowest BCUT2D eigenvalue weighted by Gasteiger charge is -2.21. The van der Waals surface area contributed by atoms with Gasteiger partial charge in [-0.1, -0.05) is 17.4 Å². The summed E-state index contributed by atoms with van der Waals surface area (Å²) in [5.74, 6) is -0.602. The van der Waals surface area contributed by atoms with Crippen LogP contribution in [0.25, 0.3) is 0 Å². The third-order valence-corrected chi connectivity index (χ3v) is 4.72. The summed E-state index contributed by atoms with van der Waals surface area (Å²) in [6, 6.07) is 10.2. The van der Waals surface area contributed by atoms with E-state index < -0.39 is 12.1 Å². The Hall–Kier alpha value is -3.02. The summed E-state index contributed by atoms with van der Waals surface area (Å²) in [6.45, 7) is 7.88. The molecule has 0 aliphatic carbocycles. The highest BCUT2D eigenvalue weighted by atomic mass is 16.2. The maximum atomic E-state index is 13.1. The van der Waals surface area contributed by atoms with Crippen LogP contribution in [0.1, 0.15) is 22.3 Å². The molecule has 0 radical (unpaired) electrons. The Morgan fingerprint density at radius 2 is 1.23 bits per heavy atom. The van der Waals surface area contributed by atoms with E-state index >= 15 is 0 Å². The van der Waals surface area contributed by atoms with Crippen molar-refractivity contribution in [1.29, 1.82) is 0 Å². The summed E-state index contributed by atoms with van der Waals surface area (Å²) in [4.78, 5) is 27.2. The highest BCUT2D eigenvalue weighted by molar-refractivity contribution is 6.26. The predicted octanol–water partition coefficient (Wildman–Crippen LogP) is 3.42. The van der Waals surface area contributed by atoms with E-state index in [-0.39, 0.29) is 11.8 Å². The molecule has 2 aliphatic rings.